The molecular formula is C14H15ClN4. The van der Waals surface area contributed by atoms with E-state index in [1.165, 1.54) is 0 Å². The molecule has 0 aliphatic rings. The minimum Gasteiger partial charge on any atom is -0.324 e. The Morgan fingerprint density at radius 2 is 2.05 bits per heavy atom. The number of hydrogen-bond acceptors (Lipinski definition) is 2. The predicted octanol–water partition coefficient (Wildman–Crippen LogP) is 3.03. The van der Waals surface area contributed by atoms with Crippen molar-refractivity contribution in [1.29, 1.82) is 0 Å². The van der Waals surface area contributed by atoms with Crippen molar-refractivity contribution in [3.63, 3.8) is 0 Å². The number of hydrogen-bond donors (Lipinski definition) is 0. The SMILES string of the molecule is CCc1nn(C)c(Cn2cnc3ccccc32)c1Cl. The van der Waals surface area contributed by atoms with Crippen LogP contribution in [0.1, 0.15) is 18.3 Å². The zero-order valence-electron chi connectivity index (χ0n) is 11.0. The van der Waals surface area contributed by atoms with Gasteiger partial charge in [0.15, 0.2) is 0 Å². The second-order valence-electron chi connectivity index (χ2n) is 4.55. The van der Waals surface area contributed by atoms with E-state index in [9.17, 15) is 0 Å². The Bertz CT molecular complexity index is 726. The number of benzene rings is 1. The molecule has 4 nitrogen and oxygen atoms in total. The van der Waals surface area contributed by atoms with Crippen molar-refractivity contribution in [3.8, 4) is 0 Å². The van der Waals surface area contributed by atoms with Crippen molar-refractivity contribution in [2.24, 2.45) is 7.05 Å². The summed E-state index contributed by atoms with van der Waals surface area (Å²) in [6.07, 6.45) is 2.69. The van der Waals surface area contributed by atoms with E-state index >= 15 is 0 Å². The van der Waals surface area contributed by atoms with Gasteiger partial charge in [0, 0.05) is 7.05 Å². The number of fused-ring (bicyclic) bond motifs is 1. The predicted molar refractivity (Wildman–Crippen MR) is 76.4 cm³/mol. The van der Waals surface area contributed by atoms with Crippen molar-refractivity contribution in [2.45, 2.75) is 19.9 Å². The maximum Gasteiger partial charge on any atom is 0.0962 e. The number of aryl methyl sites for hydroxylation is 2. The molecule has 0 fully saturated rings. The number of nitrogens with zero attached hydrogens (tertiary/aromatic N) is 4. The first-order valence-corrected chi connectivity index (χ1v) is 6.68. The van der Waals surface area contributed by atoms with E-state index in [-0.39, 0.29) is 0 Å². The Balaban J connectivity index is 2.04. The Hall–Kier alpha value is -1.81. The first-order valence-electron chi connectivity index (χ1n) is 6.30. The van der Waals surface area contributed by atoms with E-state index in [1.54, 1.807) is 0 Å². The fraction of sp³-hybridized carbons (Fsp3) is 0.286. The summed E-state index contributed by atoms with van der Waals surface area (Å²) < 4.78 is 3.95. The van der Waals surface area contributed by atoms with Gasteiger partial charge in [0.1, 0.15) is 0 Å². The van der Waals surface area contributed by atoms with Crippen LogP contribution < -0.4 is 0 Å². The number of halogens is 1. The summed E-state index contributed by atoms with van der Waals surface area (Å²) in [4.78, 5) is 4.39. The molecule has 0 saturated carbocycles. The van der Waals surface area contributed by atoms with Gasteiger partial charge in [-0.05, 0) is 18.6 Å². The highest BCUT2D eigenvalue weighted by molar-refractivity contribution is 6.31. The Morgan fingerprint density at radius 3 is 2.79 bits per heavy atom. The van der Waals surface area contributed by atoms with Gasteiger partial charge in [-0.2, -0.15) is 5.10 Å². The average Bonchev–Trinajstić information content (AvgIpc) is 2.95. The third kappa shape index (κ3) is 2.02. The standard InChI is InChI=1S/C14H15ClN4/c1-3-10-14(15)13(18(2)17-10)8-19-9-16-11-6-4-5-7-12(11)19/h4-7,9H,3,8H2,1-2H3. The summed E-state index contributed by atoms with van der Waals surface area (Å²) >= 11 is 6.38. The Labute approximate surface area is 116 Å². The highest BCUT2D eigenvalue weighted by Gasteiger charge is 2.14. The topological polar surface area (TPSA) is 35.6 Å². The molecule has 3 aromatic rings. The summed E-state index contributed by atoms with van der Waals surface area (Å²) in [6.45, 7) is 2.74. The third-order valence-electron chi connectivity index (χ3n) is 3.35. The van der Waals surface area contributed by atoms with Crippen LogP contribution in [0.3, 0.4) is 0 Å². The van der Waals surface area contributed by atoms with Crippen LogP contribution in [0.15, 0.2) is 30.6 Å². The molecule has 98 valence electrons. The minimum atomic E-state index is 0.683. The molecular weight excluding hydrogens is 260 g/mol. The molecule has 19 heavy (non-hydrogen) atoms. The molecule has 2 heterocycles. The summed E-state index contributed by atoms with van der Waals surface area (Å²) in [6, 6.07) is 8.08. The zero-order chi connectivity index (χ0) is 13.4. The molecule has 0 aliphatic heterocycles. The maximum absolute atomic E-state index is 6.38. The van der Waals surface area contributed by atoms with Crippen LogP contribution >= 0.6 is 11.6 Å². The lowest BCUT2D eigenvalue weighted by molar-refractivity contribution is 0.667. The maximum atomic E-state index is 6.38. The van der Waals surface area contributed by atoms with Crippen LogP contribution in [-0.2, 0) is 20.0 Å². The first kappa shape index (κ1) is 12.2. The summed E-state index contributed by atoms with van der Waals surface area (Å²) in [5, 5.41) is 5.21. The van der Waals surface area contributed by atoms with Gasteiger partial charge in [0.25, 0.3) is 0 Å². The lowest BCUT2D eigenvalue weighted by atomic mass is 10.3. The number of imidazole rings is 1. The summed E-state index contributed by atoms with van der Waals surface area (Å²) in [5.41, 5.74) is 4.07. The molecule has 0 N–H and O–H groups in total. The Kier molecular flexibility index (Phi) is 3.03. The lowest BCUT2D eigenvalue weighted by Gasteiger charge is -2.05. The van der Waals surface area contributed by atoms with Gasteiger partial charge in [-0.3, -0.25) is 4.68 Å². The second-order valence-corrected chi connectivity index (χ2v) is 4.92. The van der Waals surface area contributed by atoms with Gasteiger partial charge < -0.3 is 4.57 Å². The van der Waals surface area contributed by atoms with E-state index in [0.29, 0.717) is 6.54 Å². The smallest absolute Gasteiger partial charge is 0.0962 e. The fourth-order valence-corrected chi connectivity index (χ4v) is 2.64. The highest BCUT2D eigenvalue weighted by Crippen LogP contribution is 2.23. The van der Waals surface area contributed by atoms with Crippen LogP contribution in [0.2, 0.25) is 5.02 Å². The van der Waals surface area contributed by atoms with Crippen molar-refractivity contribution in [1.82, 2.24) is 19.3 Å². The zero-order valence-corrected chi connectivity index (χ0v) is 11.7. The van der Waals surface area contributed by atoms with Gasteiger partial charge in [0.05, 0.1) is 40.3 Å². The van der Waals surface area contributed by atoms with Crippen molar-refractivity contribution < 1.29 is 0 Å². The molecule has 0 bridgehead atoms. The van der Waals surface area contributed by atoms with E-state index in [0.717, 1.165) is 33.9 Å². The fourth-order valence-electron chi connectivity index (χ4n) is 2.29. The molecule has 0 unspecified atom stereocenters. The van der Waals surface area contributed by atoms with E-state index in [1.807, 2.05) is 36.3 Å². The summed E-state index contributed by atoms with van der Waals surface area (Å²) in [5.74, 6) is 0. The molecule has 0 saturated heterocycles. The normalized spacial score (nSPS) is 11.3. The van der Waals surface area contributed by atoms with Crippen molar-refractivity contribution in [2.75, 3.05) is 0 Å². The lowest BCUT2D eigenvalue weighted by Crippen LogP contribution is -2.05. The third-order valence-corrected chi connectivity index (χ3v) is 3.79. The molecule has 1 aromatic carbocycles. The number of aromatic nitrogens is 4. The minimum absolute atomic E-state index is 0.683. The first-order chi connectivity index (χ1) is 9.20. The number of rotatable bonds is 3. The molecule has 0 amide bonds. The monoisotopic (exact) mass is 274 g/mol. The summed E-state index contributed by atoms with van der Waals surface area (Å²) in [7, 11) is 1.93. The van der Waals surface area contributed by atoms with Gasteiger partial charge >= 0.3 is 0 Å². The van der Waals surface area contributed by atoms with Crippen LogP contribution in [0.25, 0.3) is 11.0 Å². The van der Waals surface area contributed by atoms with Gasteiger partial charge in [0.2, 0.25) is 0 Å². The second kappa shape index (κ2) is 4.70. The van der Waals surface area contributed by atoms with Crippen LogP contribution in [0.4, 0.5) is 0 Å². The van der Waals surface area contributed by atoms with Crippen LogP contribution in [-0.4, -0.2) is 19.3 Å². The number of para-hydroxylation sites is 2. The van der Waals surface area contributed by atoms with Gasteiger partial charge in [-0.1, -0.05) is 30.7 Å². The van der Waals surface area contributed by atoms with Crippen LogP contribution in [0.5, 0.6) is 0 Å². The molecule has 2 aromatic heterocycles. The molecule has 5 heteroatoms. The van der Waals surface area contributed by atoms with Gasteiger partial charge in [-0.25, -0.2) is 4.98 Å². The van der Waals surface area contributed by atoms with Crippen molar-refractivity contribution in [3.05, 3.63) is 47.0 Å². The van der Waals surface area contributed by atoms with E-state index in [2.05, 4.69) is 27.6 Å². The molecule has 3 rings (SSSR count). The van der Waals surface area contributed by atoms with E-state index in [4.69, 9.17) is 11.6 Å². The molecule has 0 spiro atoms. The quantitative estimate of drug-likeness (QED) is 0.736. The average molecular weight is 275 g/mol. The van der Waals surface area contributed by atoms with E-state index < -0.39 is 0 Å². The van der Waals surface area contributed by atoms with Crippen LogP contribution in [0, 0.1) is 0 Å². The Morgan fingerprint density at radius 1 is 1.26 bits per heavy atom. The van der Waals surface area contributed by atoms with Gasteiger partial charge in [-0.15, -0.1) is 0 Å². The van der Waals surface area contributed by atoms with Crippen molar-refractivity contribution >= 4 is 22.6 Å². The molecule has 0 atom stereocenters. The molecule has 0 aliphatic carbocycles. The molecule has 0 radical (unpaired) electrons. The largest absolute Gasteiger partial charge is 0.324 e. The highest BCUT2D eigenvalue weighted by atomic mass is 35.5.